The molecule has 0 aliphatic carbocycles. The SMILES string of the molecule is CCOC(=O)C1(CS(=O)(=O)c2ccc3oc(-c4ccncc4)cc3c2)CCOCC1. The van der Waals surface area contributed by atoms with Crippen LogP contribution >= 0.6 is 0 Å². The second kappa shape index (κ2) is 8.20. The zero-order chi connectivity index (χ0) is 21.2. The third kappa shape index (κ3) is 3.97. The molecule has 1 saturated heterocycles. The number of sulfone groups is 1. The number of ether oxygens (including phenoxy) is 2. The molecule has 1 aliphatic heterocycles. The number of pyridine rings is 1. The van der Waals surface area contributed by atoms with E-state index in [1.807, 2.05) is 12.1 Å². The minimum atomic E-state index is -3.74. The van der Waals surface area contributed by atoms with E-state index in [1.54, 1.807) is 37.5 Å². The fourth-order valence-corrected chi connectivity index (χ4v) is 5.66. The molecule has 1 aromatic carbocycles. The Balaban J connectivity index is 1.66. The quantitative estimate of drug-likeness (QED) is 0.552. The van der Waals surface area contributed by atoms with Gasteiger partial charge in [-0.1, -0.05) is 0 Å². The largest absolute Gasteiger partial charge is 0.466 e. The van der Waals surface area contributed by atoms with Gasteiger partial charge in [-0.15, -0.1) is 0 Å². The Hall–Kier alpha value is -2.71. The minimum Gasteiger partial charge on any atom is -0.466 e. The van der Waals surface area contributed by atoms with Gasteiger partial charge in [0.2, 0.25) is 0 Å². The molecule has 2 aromatic heterocycles. The van der Waals surface area contributed by atoms with Gasteiger partial charge in [0.1, 0.15) is 11.3 Å². The topological polar surface area (TPSA) is 95.7 Å². The molecule has 8 heteroatoms. The molecule has 0 N–H and O–H groups in total. The van der Waals surface area contributed by atoms with Crippen molar-refractivity contribution in [2.75, 3.05) is 25.6 Å². The number of hydrogen-bond acceptors (Lipinski definition) is 7. The summed E-state index contributed by atoms with van der Waals surface area (Å²) in [5, 5.41) is 0.681. The maximum absolute atomic E-state index is 13.2. The predicted molar refractivity (Wildman–Crippen MR) is 111 cm³/mol. The monoisotopic (exact) mass is 429 g/mol. The first-order valence-electron chi connectivity index (χ1n) is 9.85. The Bertz CT molecular complexity index is 1150. The number of rotatable bonds is 6. The molecule has 4 rings (SSSR count). The molecular formula is C22H23NO6S. The first-order valence-corrected chi connectivity index (χ1v) is 11.5. The average Bonchev–Trinajstić information content (AvgIpc) is 3.18. The lowest BCUT2D eigenvalue weighted by molar-refractivity contribution is -0.159. The van der Waals surface area contributed by atoms with E-state index < -0.39 is 21.2 Å². The highest BCUT2D eigenvalue weighted by Gasteiger charge is 2.45. The van der Waals surface area contributed by atoms with Crippen molar-refractivity contribution in [3.8, 4) is 11.3 Å². The molecule has 7 nitrogen and oxygen atoms in total. The maximum atomic E-state index is 13.2. The van der Waals surface area contributed by atoms with Gasteiger partial charge in [0.15, 0.2) is 9.84 Å². The number of nitrogens with zero attached hydrogens (tertiary/aromatic N) is 1. The van der Waals surface area contributed by atoms with E-state index in [9.17, 15) is 13.2 Å². The lowest BCUT2D eigenvalue weighted by Gasteiger charge is -2.34. The van der Waals surface area contributed by atoms with E-state index in [1.165, 1.54) is 6.07 Å². The first-order chi connectivity index (χ1) is 14.4. The third-order valence-corrected chi connectivity index (χ3v) is 7.34. The van der Waals surface area contributed by atoms with Gasteiger partial charge in [0.25, 0.3) is 0 Å². The van der Waals surface area contributed by atoms with Crippen LogP contribution in [0.25, 0.3) is 22.3 Å². The van der Waals surface area contributed by atoms with Gasteiger partial charge in [-0.2, -0.15) is 0 Å². The Morgan fingerprint density at radius 1 is 1.13 bits per heavy atom. The fraction of sp³-hybridized carbons (Fsp3) is 0.364. The van der Waals surface area contributed by atoms with Gasteiger partial charge in [-0.3, -0.25) is 9.78 Å². The summed E-state index contributed by atoms with van der Waals surface area (Å²) in [6, 6.07) is 10.2. The molecule has 158 valence electrons. The normalized spacial score (nSPS) is 16.4. The number of carbonyl (C=O) groups is 1. The number of hydrogen-bond donors (Lipinski definition) is 0. The van der Waals surface area contributed by atoms with Gasteiger partial charge in [0, 0.05) is 36.6 Å². The third-order valence-electron chi connectivity index (χ3n) is 5.44. The second-order valence-electron chi connectivity index (χ2n) is 7.42. The van der Waals surface area contributed by atoms with Gasteiger partial charge in [-0.05, 0) is 56.2 Å². The van der Waals surface area contributed by atoms with Crippen LogP contribution in [0, 0.1) is 5.41 Å². The molecule has 1 fully saturated rings. The van der Waals surface area contributed by atoms with E-state index in [4.69, 9.17) is 13.9 Å². The van der Waals surface area contributed by atoms with Crippen LogP contribution in [0.2, 0.25) is 0 Å². The summed E-state index contributed by atoms with van der Waals surface area (Å²) in [5.74, 6) is -0.140. The molecule has 30 heavy (non-hydrogen) atoms. The number of carbonyl (C=O) groups excluding carboxylic acids is 1. The molecule has 0 spiro atoms. The molecule has 0 atom stereocenters. The number of furan rings is 1. The van der Waals surface area contributed by atoms with E-state index in [0.717, 1.165) is 5.56 Å². The highest BCUT2D eigenvalue weighted by atomic mass is 32.2. The van der Waals surface area contributed by atoms with E-state index in [0.29, 0.717) is 42.8 Å². The standard InChI is InChI=1S/C22H23NO6S/c1-2-28-21(24)22(7-11-27-12-8-22)15-30(25,26)18-3-4-19-17(13-18)14-20(29-19)16-5-9-23-10-6-16/h3-6,9-10,13-14H,2,7-8,11-12,15H2,1H3. The van der Waals surface area contributed by atoms with Crippen molar-refractivity contribution in [2.24, 2.45) is 5.41 Å². The molecule has 1 aliphatic rings. The summed E-state index contributed by atoms with van der Waals surface area (Å²) in [6.07, 6.45) is 3.98. The van der Waals surface area contributed by atoms with Crippen molar-refractivity contribution < 1.29 is 27.1 Å². The van der Waals surface area contributed by atoms with Crippen LogP contribution in [0.5, 0.6) is 0 Å². The van der Waals surface area contributed by atoms with Gasteiger partial charge >= 0.3 is 5.97 Å². The highest BCUT2D eigenvalue weighted by Crippen LogP contribution is 2.36. The van der Waals surface area contributed by atoms with Crippen molar-refractivity contribution in [1.82, 2.24) is 4.98 Å². The molecule has 0 amide bonds. The first kappa shape index (κ1) is 20.6. The summed E-state index contributed by atoms with van der Waals surface area (Å²) < 4.78 is 42.9. The summed E-state index contributed by atoms with van der Waals surface area (Å²) in [4.78, 5) is 16.8. The highest BCUT2D eigenvalue weighted by molar-refractivity contribution is 7.91. The van der Waals surface area contributed by atoms with Gasteiger partial charge < -0.3 is 13.9 Å². The van der Waals surface area contributed by atoms with Crippen LogP contribution in [0.1, 0.15) is 19.8 Å². The summed E-state index contributed by atoms with van der Waals surface area (Å²) in [5.41, 5.74) is 0.363. The molecule has 3 heterocycles. The Morgan fingerprint density at radius 3 is 2.57 bits per heavy atom. The lowest BCUT2D eigenvalue weighted by Crippen LogP contribution is -2.44. The second-order valence-corrected chi connectivity index (χ2v) is 9.41. The van der Waals surface area contributed by atoms with Crippen molar-refractivity contribution in [1.29, 1.82) is 0 Å². The smallest absolute Gasteiger partial charge is 0.313 e. The summed E-state index contributed by atoms with van der Waals surface area (Å²) in [7, 11) is -3.74. The minimum absolute atomic E-state index is 0.159. The molecule has 3 aromatic rings. The van der Waals surface area contributed by atoms with Gasteiger partial charge in [-0.25, -0.2) is 8.42 Å². The van der Waals surface area contributed by atoms with Crippen molar-refractivity contribution in [2.45, 2.75) is 24.7 Å². The number of benzene rings is 1. The molecule has 0 saturated carbocycles. The van der Waals surface area contributed by atoms with Crippen LogP contribution in [0.4, 0.5) is 0 Å². The van der Waals surface area contributed by atoms with Crippen LogP contribution < -0.4 is 0 Å². The van der Waals surface area contributed by atoms with Crippen molar-refractivity contribution in [3.63, 3.8) is 0 Å². The summed E-state index contributed by atoms with van der Waals surface area (Å²) in [6.45, 7) is 2.60. The molecular weight excluding hydrogens is 406 g/mol. The predicted octanol–water partition coefficient (Wildman–Crippen LogP) is 3.63. The van der Waals surface area contributed by atoms with E-state index in [2.05, 4.69) is 4.98 Å². The molecule has 0 unspecified atom stereocenters. The van der Waals surface area contributed by atoms with Crippen LogP contribution in [0.3, 0.4) is 0 Å². The Kier molecular flexibility index (Phi) is 5.62. The summed E-state index contributed by atoms with van der Waals surface area (Å²) >= 11 is 0. The van der Waals surface area contributed by atoms with E-state index in [-0.39, 0.29) is 17.3 Å². The zero-order valence-electron chi connectivity index (χ0n) is 16.7. The van der Waals surface area contributed by atoms with Gasteiger partial charge in [0.05, 0.1) is 22.7 Å². The lowest BCUT2D eigenvalue weighted by atomic mass is 9.82. The Labute approximate surface area is 174 Å². The molecule has 0 bridgehead atoms. The van der Waals surface area contributed by atoms with Crippen molar-refractivity contribution in [3.05, 3.63) is 48.8 Å². The Morgan fingerprint density at radius 2 is 1.87 bits per heavy atom. The van der Waals surface area contributed by atoms with Crippen molar-refractivity contribution >= 4 is 26.8 Å². The zero-order valence-corrected chi connectivity index (χ0v) is 17.5. The number of fused-ring (bicyclic) bond motifs is 1. The van der Waals surface area contributed by atoms with Crippen LogP contribution in [-0.2, 0) is 24.1 Å². The number of aromatic nitrogens is 1. The van der Waals surface area contributed by atoms with Crippen LogP contribution in [0.15, 0.2) is 58.1 Å². The maximum Gasteiger partial charge on any atom is 0.313 e. The molecule has 0 radical (unpaired) electrons. The number of esters is 1. The average molecular weight is 429 g/mol. The fourth-order valence-electron chi connectivity index (χ4n) is 3.77. The van der Waals surface area contributed by atoms with E-state index >= 15 is 0 Å². The van der Waals surface area contributed by atoms with Crippen LogP contribution in [-0.4, -0.2) is 44.9 Å².